The summed E-state index contributed by atoms with van der Waals surface area (Å²) in [4.78, 5) is 26.9. The average Bonchev–Trinajstić information content (AvgIpc) is 2.49. The molecule has 0 aromatic heterocycles. The van der Waals surface area contributed by atoms with E-state index in [0.29, 0.717) is 25.4 Å². The van der Waals surface area contributed by atoms with Gasteiger partial charge in [-0.2, -0.15) is 0 Å². The van der Waals surface area contributed by atoms with Crippen molar-refractivity contribution in [3.63, 3.8) is 0 Å². The number of hydrogen-bond donors (Lipinski definition) is 2. The molecule has 0 radical (unpaired) electrons. The number of carboxylic acid groups (broad SMARTS) is 1. The standard InChI is InChI=1S/C15H28N2O4/c1-3-12-7-9-17(13(11-12)14(19)20)15(21)16(2)8-5-4-6-10-18/h12-13,18H,3-11H2,1-2H3,(H,19,20). The van der Waals surface area contributed by atoms with Crippen molar-refractivity contribution in [2.75, 3.05) is 26.7 Å². The molecule has 2 amide bonds. The molecule has 1 heterocycles. The minimum absolute atomic E-state index is 0.170. The van der Waals surface area contributed by atoms with Gasteiger partial charge in [-0.15, -0.1) is 0 Å². The smallest absolute Gasteiger partial charge is 0.326 e. The van der Waals surface area contributed by atoms with Crippen LogP contribution in [-0.4, -0.2) is 64.8 Å². The lowest BCUT2D eigenvalue weighted by Crippen LogP contribution is -2.53. The molecule has 1 saturated heterocycles. The molecular weight excluding hydrogens is 272 g/mol. The van der Waals surface area contributed by atoms with Crippen LogP contribution in [0.4, 0.5) is 4.79 Å². The molecule has 1 rings (SSSR count). The minimum Gasteiger partial charge on any atom is -0.480 e. The van der Waals surface area contributed by atoms with Crippen LogP contribution in [0.25, 0.3) is 0 Å². The van der Waals surface area contributed by atoms with Gasteiger partial charge in [0, 0.05) is 26.7 Å². The number of nitrogens with zero attached hydrogens (tertiary/aromatic N) is 2. The summed E-state index contributed by atoms with van der Waals surface area (Å²) in [5.41, 5.74) is 0. The molecule has 0 aromatic carbocycles. The van der Waals surface area contributed by atoms with Gasteiger partial charge in [0.1, 0.15) is 6.04 Å². The third-order valence-electron chi connectivity index (χ3n) is 4.30. The highest BCUT2D eigenvalue weighted by molar-refractivity contribution is 5.82. The number of carbonyl (C=O) groups is 2. The number of hydrogen-bond acceptors (Lipinski definition) is 3. The number of aliphatic hydroxyl groups is 1. The molecule has 0 aromatic rings. The molecule has 0 spiro atoms. The summed E-state index contributed by atoms with van der Waals surface area (Å²) < 4.78 is 0. The number of likely N-dealkylation sites (tertiary alicyclic amines) is 1. The van der Waals surface area contributed by atoms with E-state index in [1.807, 2.05) is 0 Å². The van der Waals surface area contributed by atoms with E-state index >= 15 is 0 Å². The first-order valence-electron chi connectivity index (χ1n) is 7.86. The van der Waals surface area contributed by atoms with Gasteiger partial charge in [0.05, 0.1) is 0 Å². The van der Waals surface area contributed by atoms with E-state index in [0.717, 1.165) is 32.1 Å². The zero-order chi connectivity index (χ0) is 15.8. The van der Waals surface area contributed by atoms with E-state index in [9.17, 15) is 14.7 Å². The predicted octanol–water partition coefficient (Wildman–Crippen LogP) is 1.78. The van der Waals surface area contributed by atoms with Crippen LogP contribution >= 0.6 is 0 Å². The largest absolute Gasteiger partial charge is 0.480 e. The molecule has 0 aliphatic carbocycles. The molecule has 122 valence electrons. The van der Waals surface area contributed by atoms with E-state index < -0.39 is 12.0 Å². The average molecular weight is 300 g/mol. The molecule has 1 aliphatic heterocycles. The number of carboxylic acids is 1. The Balaban J connectivity index is 2.55. The number of aliphatic hydroxyl groups excluding tert-OH is 1. The second-order valence-corrected chi connectivity index (χ2v) is 5.83. The minimum atomic E-state index is -0.907. The van der Waals surface area contributed by atoms with Crippen LogP contribution in [0.2, 0.25) is 0 Å². The quantitative estimate of drug-likeness (QED) is 0.702. The number of piperidine rings is 1. The first kappa shape index (κ1) is 17.8. The van der Waals surface area contributed by atoms with Crippen LogP contribution in [0.1, 0.15) is 45.4 Å². The van der Waals surface area contributed by atoms with Gasteiger partial charge in [-0.1, -0.05) is 13.3 Å². The maximum Gasteiger partial charge on any atom is 0.326 e. The van der Waals surface area contributed by atoms with Crippen LogP contribution in [0.3, 0.4) is 0 Å². The number of aliphatic carboxylic acids is 1. The summed E-state index contributed by atoms with van der Waals surface area (Å²) in [6.07, 6.45) is 4.82. The van der Waals surface area contributed by atoms with Crippen LogP contribution in [-0.2, 0) is 4.79 Å². The molecule has 2 N–H and O–H groups in total. The fraction of sp³-hybridized carbons (Fsp3) is 0.867. The summed E-state index contributed by atoms with van der Waals surface area (Å²) in [6, 6.07) is -0.892. The van der Waals surface area contributed by atoms with E-state index in [2.05, 4.69) is 6.92 Å². The fourth-order valence-corrected chi connectivity index (χ4v) is 2.82. The van der Waals surface area contributed by atoms with Gasteiger partial charge in [-0.05, 0) is 38.0 Å². The molecule has 2 unspecified atom stereocenters. The molecule has 0 bridgehead atoms. The van der Waals surface area contributed by atoms with Gasteiger partial charge in [-0.25, -0.2) is 9.59 Å². The highest BCUT2D eigenvalue weighted by Crippen LogP contribution is 2.26. The van der Waals surface area contributed by atoms with E-state index in [1.54, 1.807) is 11.9 Å². The van der Waals surface area contributed by atoms with Gasteiger partial charge in [0.2, 0.25) is 0 Å². The van der Waals surface area contributed by atoms with Crippen LogP contribution in [0.15, 0.2) is 0 Å². The Morgan fingerprint density at radius 1 is 1.29 bits per heavy atom. The molecular formula is C15H28N2O4. The summed E-state index contributed by atoms with van der Waals surface area (Å²) in [7, 11) is 1.71. The molecule has 1 aliphatic rings. The van der Waals surface area contributed by atoms with Crippen molar-refractivity contribution >= 4 is 12.0 Å². The third-order valence-corrected chi connectivity index (χ3v) is 4.30. The van der Waals surface area contributed by atoms with Gasteiger partial charge in [0.25, 0.3) is 0 Å². The Kier molecular flexibility index (Phi) is 7.50. The third kappa shape index (κ3) is 5.19. The first-order valence-corrected chi connectivity index (χ1v) is 7.86. The van der Waals surface area contributed by atoms with Crippen molar-refractivity contribution in [3.05, 3.63) is 0 Å². The number of urea groups is 1. The zero-order valence-corrected chi connectivity index (χ0v) is 13.1. The van der Waals surface area contributed by atoms with Gasteiger partial charge in [-0.3, -0.25) is 0 Å². The first-order chi connectivity index (χ1) is 10.0. The Bertz CT molecular complexity index is 349. The second-order valence-electron chi connectivity index (χ2n) is 5.83. The summed E-state index contributed by atoms with van der Waals surface area (Å²) in [5, 5.41) is 18.1. The van der Waals surface area contributed by atoms with Crippen LogP contribution < -0.4 is 0 Å². The molecule has 21 heavy (non-hydrogen) atoms. The Labute approximate surface area is 126 Å². The molecule has 2 atom stereocenters. The van der Waals surface area contributed by atoms with Crippen molar-refractivity contribution in [1.29, 1.82) is 0 Å². The lowest BCUT2D eigenvalue weighted by atomic mass is 9.89. The predicted molar refractivity (Wildman–Crippen MR) is 80.1 cm³/mol. The number of rotatable bonds is 7. The van der Waals surface area contributed by atoms with Gasteiger partial charge >= 0.3 is 12.0 Å². The topological polar surface area (TPSA) is 81.1 Å². The van der Waals surface area contributed by atoms with E-state index in [4.69, 9.17) is 5.11 Å². The van der Waals surface area contributed by atoms with E-state index in [-0.39, 0.29) is 12.6 Å². The Morgan fingerprint density at radius 2 is 2.00 bits per heavy atom. The lowest BCUT2D eigenvalue weighted by Gasteiger charge is -2.38. The van der Waals surface area contributed by atoms with E-state index in [1.165, 1.54) is 4.90 Å². The van der Waals surface area contributed by atoms with Crippen molar-refractivity contribution in [2.24, 2.45) is 5.92 Å². The van der Waals surface area contributed by atoms with Crippen molar-refractivity contribution in [1.82, 2.24) is 9.80 Å². The second kappa shape index (κ2) is 8.87. The molecule has 6 nitrogen and oxygen atoms in total. The monoisotopic (exact) mass is 300 g/mol. The van der Waals surface area contributed by atoms with Crippen molar-refractivity contribution < 1.29 is 19.8 Å². The molecule has 0 saturated carbocycles. The maximum atomic E-state index is 12.4. The Hall–Kier alpha value is -1.30. The zero-order valence-electron chi connectivity index (χ0n) is 13.1. The summed E-state index contributed by atoms with van der Waals surface area (Å²) in [5.74, 6) is -0.514. The van der Waals surface area contributed by atoms with Gasteiger partial charge in [0.15, 0.2) is 0 Å². The van der Waals surface area contributed by atoms with Crippen molar-refractivity contribution in [3.8, 4) is 0 Å². The normalized spacial score (nSPS) is 22.1. The number of unbranched alkanes of at least 4 members (excludes halogenated alkanes) is 2. The Morgan fingerprint density at radius 3 is 2.57 bits per heavy atom. The summed E-state index contributed by atoms with van der Waals surface area (Å²) >= 11 is 0. The summed E-state index contributed by atoms with van der Waals surface area (Å²) in [6.45, 7) is 3.35. The lowest BCUT2D eigenvalue weighted by molar-refractivity contribution is -0.144. The van der Waals surface area contributed by atoms with Crippen molar-refractivity contribution in [2.45, 2.75) is 51.5 Å². The highest BCUT2D eigenvalue weighted by atomic mass is 16.4. The highest BCUT2D eigenvalue weighted by Gasteiger charge is 2.36. The molecule has 6 heteroatoms. The molecule has 1 fully saturated rings. The van der Waals surface area contributed by atoms with Gasteiger partial charge < -0.3 is 20.0 Å². The SMILES string of the molecule is CCC1CCN(C(=O)N(C)CCCCCO)C(C(=O)O)C1. The van der Waals surface area contributed by atoms with Crippen LogP contribution in [0, 0.1) is 5.92 Å². The van der Waals surface area contributed by atoms with Crippen LogP contribution in [0.5, 0.6) is 0 Å². The number of amides is 2. The fourth-order valence-electron chi connectivity index (χ4n) is 2.82. The number of carbonyl (C=O) groups excluding carboxylic acids is 1. The maximum absolute atomic E-state index is 12.4.